The lowest BCUT2D eigenvalue weighted by atomic mass is 10.0. The van der Waals surface area contributed by atoms with E-state index >= 15 is 0 Å². The molecule has 1 aliphatic heterocycles. The summed E-state index contributed by atoms with van der Waals surface area (Å²) in [5, 5.41) is 2.16. The fourth-order valence-corrected chi connectivity index (χ4v) is 4.64. The molecule has 2 heterocycles. The van der Waals surface area contributed by atoms with E-state index in [1.165, 1.54) is 24.5 Å². The Labute approximate surface area is 240 Å². The molecule has 42 heavy (non-hydrogen) atoms. The highest BCUT2D eigenvalue weighted by atomic mass is 19.4. The Balaban J connectivity index is 1.36. The molecule has 0 unspecified atom stereocenters. The zero-order chi connectivity index (χ0) is 30.7. The minimum Gasteiger partial charge on any atom is -0.444 e. The molecule has 3 amide bonds. The summed E-state index contributed by atoms with van der Waals surface area (Å²) in [6.07, 6.45) is 0.579. The first kappa shape index (κ1) is 31.1. The van der Waals surface area contributed by atoms with Crippen molar-refractivity contribution >= 4 is 17.9 Å². The fourth-order valence-electron chi connectivity index (χ4n) is 4.64. The molecule has 1 saturated heterocycles. The van der Waals surface area contributed by atoms with Crippen LogP contribution in [-0.4, -0.2) is 88.0 Å². The molecule has 0 radical (unpaired) electrons. The molecule has 1 aromatic heterocycles. The maximum absolute atomic E-state index is 14.6. The van der Waals surface area contributed by atoms with Gasteiger partial charge in [0.15, 0.2) is 5.82 Å². The van der Waals surface area contributed by atoms with Crippen LogP contribution in [0.3, 0.4) is 0 Å². The SMILES string of the molecule is CC(C)(C)OC(=O)N1CCC(N(C(=O)c2cnc(-c3ccc(C(=O)NCCOC(F)(F)F)c(F)c3)nc2)C2CC2)CC1. The van der Waals surface area contributed by atoms with Crippen LogP contribution in [0.1, 0.15) is 67.2 Å². The Bertz CT molecular complexity index is 1290. The van der Waals surface area contributed by atoms with Gasteiger partial charge in [0, 0.05) is 49.7 Å². The second-order valence-corrected chi connectivity index (χ2v) is 11.2. The van der Waals surface area contributed by atoms with E-state index in [0.29, 0.717) is 25.9 Å². The number of nitrogens with one attached hydrogen (secondary N) is 1. The van der Waals surface area contributed by atoms with Crippen molar-refractivity contribution in [2.75, 3.05) is 26.2 Å². The topological polar surface area (TPSA) is 114 Å². The van der Waals surface area contributed by atoms with Crippen molar-refractivity contribution in [2.45, 2.75) is 70.5 Å². The van der Waals surface area contributed by atoms with Crippen LogP contribution in [0.5, 0.6) is 0 Å². The maximum atomic E-state index is 14.6. The van der Waals surface area contributed by atoms with Crippen molar-refractivity contribution in [1.82, 2.24) is 25.1 Å². The Hall–Kier alpha value is -3.81. The first-order valence-corrected chi connectivity index (χ1v) is 13.6. The minimum absolute atomic E-state index is 0.0452. The van der Waals surface area contributed by atoms with E-state index in [-0.39, 0.29) is 46.6 Å². The normalized spacial score (nSPS) is 16.2. The minimum atomic E-state index is -4.82. The Morgan fingerprint density at radius 2 is 1.64 bits per heavy atom. The van der Waals surface area contributed by atoms with Crippen molar-refractivity contribution in [3.8, 4) is 11.4 Å². The van der Waals surface area contributed by atoms with Gasteiger partial charge in [-0.15, -0.1) is 13.2 Å². The third kappa shape index (κ3) is 8.37. The van der Waals surface area contributed by atoms with Gasteiger partial charge >= 0.3 is 12.5 Å². The number of amides is 3. The highest BCUT2D eigenvalue weighted by Gasteiger charge is 2.40. The number of nitrogens with zero attached hydrogens (tertiary/aromatic N) is 4. The van der Waals surface area contributed by atoms with E-state index in [2.05, 4.69) is 20.0 Å². The summed E-state index contributed by atoms with van der Waals surface area (Å²) < 4.78 is 59.8. The van der Waals surface area contributed by atoms with Crippen molar-refractivity contribution in [1.29, 1.82) is 0 Å². The summed E-state index contributed by atoms with van der Waals surface area (Å²) in [5.41, 5.74) is -0.429. The van der Waals surface area contributed by atoms with Crippen molar-refractivity contribution in [3.63, 3.8) is 0 Å². The van der Waals surface area contributed by atoms with Gasteiger partial charge in [0.1, 0.15) is 11.4 Å². The quantitative estimate of drug-likeness (QED) is 0.352. The lowest BCUT2D eigenvalue weighted by molar-refractivity contribution is -0.323. The number of likely N-dealkylation sites (tertiary alicyclic amines) is 1. The highest BCUT2D eigenvalue weighted by Crippen LogP contribution is 2.33. The summed E-state index contributed by atoms with van der Waals surface area (Å²) in [4.78, 5) is 50.0. The highest BCUT2D eigenvalue weighted by molar-refractivity contribution is 5.95. The summed E-state index contributed by atoms with van der Waals surface area (Å²) in [5.74, 6) is -1.90. The molecule has 228 valence electrons. The number of ether oxygens (including phenoxy) is 2. The molecule has 4 rings (SSSR count). The summed E-state index contributed by atoms with van der Waals surface area (Å²) >= 11 is 0. The summed E-state index contributed by atoms with van der Waals surface area (Å²) in [6, 6.07) is 3.67. The van der Waals surface area contributed by atoms with Gasteiger partial charge in [-0.05, 0) is 58.6 Å². The number of benzene rings is 1. The van der Waals surface area contributed by atoms with Crippen molar-refractivity contribution < 1.29 is 41.4 Å². The van der Waals surface area contributed by atoms with Crippen LogP contribution in [0.2, 0.25) is 0 Å². The predicted octanol–water partition coefficient (Wildman–Crippen LogP) is 4.55. The molecular formula is C28H33F4N5O5. The zero-order valence-electron chi connectivity index (χ0n) is 23.5. The number of halogens is 4. The summed E-state index contributed by atoms with van der Waals surface area (Å²) in [6.45, 7) is 5.13. The zero-order valence-corrected chi connectivity index (χ0v) is 23.5. The third-order valence-electron chi connectivity index (χ3n) is 6.71. The molecule has 1 aliphatic carbocycles. The van der Waals surface area contributed by atoms with E-state index in [1.54, 1.807) is 4.90 Å². The van der Waals surface area contributed by atoms with Gasteiger partial charge in [-0.2, -0.15) is 0 Å². The Kier molecular flexibility index (Phi) is 9.34. The van der Waals surface area contributed by atoms with E-state index in [1.807, 2.05) is 25.7 Å². The number of hydrogen-bond donors (Lipinski definition) is 1. The first-order valence-electron chi connectivity index (χ1n) is 13.6. The third-order valence-corrected chi connectivity index (χ3v) is 6.71. The number of hydrogen-bond acceptors (Lipinski definition) is 7. The van der Waals surface area contributed by atoms with Crippen LogP contribution >= 0.6 is 0 Å². The number of carbonyl (C=O) groups excluding carboxylic acids is 3. The number of aromatic nitrogens is 2. The van der Waals surface area contributed by atoms with E-state index in [0.717, 1.165) is 18.9 Å². The smallest absolute Gasteiger partial charge is 0.444 e. The molecule has 2 aromatic rings. The molecule has 1 N–H and O–H groups in total. The van der Waals surface area contributed by atoms with E-state index < -0.39 is 36.8 Å². The van der Waals surface area contributed by atoms with Gasteiger partial charge in [-0.25, -0.2) is 19.2 Å². The van der Waals surface area contributed by atoms with Gasteiger partial charge < -0.3 is 19.9 Å². The van der Waals surface area contributed by atoms with Crippen LogP contribution in [-0.2, 0) is 9.47 Å². The molecule has 14 heteroatoms. The summed E-state index contributed by atoms with van der Waals surface area (Å²) in [7, 11) is 0. The predicted molar refractivity (Wildman–Crippen MR) is 142 cm³/mol. The van der Waals surface area contributed by atoms with Gasteiger partial charge in [-0.3, -0.25) is 14.3 Å². The molecule has 1 saturated carbocycles. The number of carbonyl (C=O) groups is 3. The largest absolute Gasteiger partial charge is 0.522 e. The molecular weight excluding hydrogens is 562 g/mol. The molecule has 0 spiro atoms. The van der Waals surface area contributed by atoms with Gasteiger partial charge in [0.25, 0.3) is 11.8 Å². The number of rotatable bonds is 8. The molecule has 0 bridgehead atoms. The van der Waals surface area contributed by atoms with E-state index in [9.17, 15) is 31.9 Å². The van der Waals surface area contributed by atoms with Crippen LogP contribution < -0.4 is 5.32 Å². The van der Waals surface area contributed by atoms with Gasteiger partial charge in [0.05, 0.1) is 17.7 Å². The molecule has 2 fully saturated rings. The van der Waals surface area contributed by atoms with Gasteiger partial charge in [0.2, 0.25) is 0 Å². The van der Waals surface area contributed by atoms with Crippen LogP contribution in [0.25, 0.3) is 11.4 Å². The Morgan fingerprint density at radius 3 is 2.19 bits per heavy atom. The fraction of sp³-hybridized carbons (Fsp3) is 0.536. The van der Waals surface area contributed by atoms with Crippen LogP contribution in [0, 0.1) is 5.82 Å². The lowest BCUT2D eigenvalue weighted by Crippen LogP contribution is -2.50. The number of alkyl halides is 3. The number of piperidine rings is 1. The van der Waals surface area contributed by atoms with E-state index in [4.69, 9.17) is 4.74 Å². The molecule has 10 nitrogen and oxygen atoms in total. The second kappa shape index (κ2) is 12.6. The lowest BCUT2D eigenvalue weighted by Gasteiger charge is -2.39. The monoisotopic (exact) mass is 595 g/mol. The average molecular weight is 596 g/mol. The molecule has 1 aromatic carbocycles. The second-order valence-electron chi connectivity index (χ2n) is 11.2. The maximum Gasteiger partial charge on any atom is 0.522 e. The Morgan fingerprint density at radius 1 is 1.02 bits per heavy atom. The van der Waals surface area contributed by atoms with Crippen molar-refractivity contribution in [2.24, 2.45) is 0 Å². The first-order chi connectivity index (χ1) is 19.7. The van der Waals surface area contributed by atoms with Gasteiger partial charge in [-0.1, -0.05) is 6.07 Å². The molecule has 0 atom stereocenters. The average Bonchev–Trinajstić information content (AvgIpc) is 3.75. The van der Waals surface area contributed by atoms with Crippen LogP contribution in [0.4, 0.5) is 22.4 Å². The van der Waals surface area contributed by atoms with Crippen LogP contribution in [0.15, 0.2) is 30.6 Å². The standard InChI is InChI=1S/C28H33F4N5O5/c1-27(2,3)42-26(40)36-11-8-20(9-12-36)37(19-5-6-19)25(39)18-15-34-23(35-16-18)17-4-7-21(22(29)14-17)24(38)33-10-13-41-28(30,31)32/h4,7,14-16,19-20H,5-6,8-13H2,1-3H3,(H,33,38). The van der Waals surface area contributed by atoms with Crippen molar-refractivity contribution in [3.05, 3.63) is 47.5 Å². The molecule has 2 aliphatic rings.